The molecule has 0 saturated carbocycles. The molecule has 0 unspecified atom stereocenters. The Morgan fingerprint density at radius 3 is 2.40 bits per heavy atom. The minimum Gasteiger partial charge on any atom is -0.279 e. The van der Waals surface area contributed by atoms with Gasteiger partial charge in [-0.05, 0) is 12.8 Å². The number of H-pyrrole nitrogens is 1. The van der Waals surface area contributed by atoms with E-state index in [2.05, 4.69) is 10.2 Å². The summed E-state index contributed by atoms with van der Waals surface area (Å²) in [5.74, 6) is -0.162. The fourth-order valence-electron chi connectivity index (χ4n) is 0.876. The van der Waals surface area contributed by atoms with Gasteiger partial charge in [0.1, 0.15) is 0 Å². The Morgan fingerprint density at radius 1 is 1.40 bits per heavy atom. The van der Waals surface area contributed by atoms with Gasteiger partial charge >= 0.3 is 0 Å². The van der Waals surface area contributed by atoms with Gasteiger partial charge in [0.05, 0.1) is 11.4 Å². The van der Waals surface area contributed by atoms with Gasteiger partial charge in [-0.2, -0.15) is 5.10 Å². The average Bonchev–Trinajstić information content (AvgIpc) is 2.30. The van der Waals surface area contributed by atoms with Gasteiger partial charge < -0.3 is 0 Å². The predicted molar refractivity (Wildman–Crippen MR) is 37.3 cm³/mol. The molecule has 2 nitrogen and oxygen atoms in total. The molecule has 3 heteroatoms. The van der Waals surface area contributed by atoms with Crippen LogP contribution in [0, 0.1) is 5.82 Å². The zero-order valence-corrected chi connectivity index (χ0v) is 6.24. The number of hydrogen-bond donors (Lipinski definition) is 1. The van der Waals surface area contributed by atoms with Crippen molar-refractivity contribution in [3.8, 4) is 0 Å². The SMILES string of the molecule is CCc1n[nH]c(CC)c1F. The highest BCUT2D eigenvalue weighted by molar-refractivity contribution is 5.11. The third kappa shape index (κ3) is 1.03. The molecule has 0 aliphatic heterocycles. The van der Waals surface area contributed by atoms with E-state index < -0.39 is 0 Å². The maximum atomic E-state index is 12.9. The average molecular weight is 142 g/mol. The summed E-state index contributed by atoms with van der Waals surface area (Å²) in [7, 11) is 0. The molecular formula is C7H11FN2. The molecule has 0 atom stereocenters. The monoisotopic (exact) mass is 142 g/mol. The standard InChI is InChI=1S/C7H11FN2/c1-3-5-7(8)6(4-2)10-9-5/h3-4H2,1-2H3,(H,9,10). The molecule has 1 N–H and O–H groups in total. The lowest BCUT2D eigenvalue weighted by Crippen LogP contribution is -1.85. The van der Waals surface area contributed by atoms with Gasteiger partial charge in [0.25, 0.3) is 0 Å². The normalized spacial score (nSPS) is 10.3. The van der Waals surface area contributed by atoms with E-state index in [-0.39, 0.29) is 5.82 Å². The quantitative estimate of drug-likeness (QED) is 0.668. The summed E-state index contributed by atoms with van der Waals surface area (Å²) >= 11 is 0. The van der Waals surface area contributed by atoms with Crippen molar-refractivity contribution < 1.29 is 4.39 Å². The largest absolute Gasteiger partial charge is 0.279 e. The van der Waals surface area contributed by atoms with Gasteiger partial charge in [0.2, 0.25) is 0 Å². The lowest BCUT2D eigenvalue weighted by atomic mass is 10.2. The molecule has 0 fully saturated rings. The summed E-state index contributed by atoms with van der Waals surface area (Å²) in [6, 6.07) is 0. The maximum Gasteiger partial charge on any atom is 0.167 e. The summed E-state index contributed by atoms with van der Waals surface area (Å²) in [4.78, 5) is 0. The van der Waals surface area contributed by atoms with E-state index in [0.29, 0.717) is 24.2 Å². The number of aromatic nitrogens is 2. The van der Waals surface area contributed by atoms with Crippen LogP contribution in [0.25, 0.3) is 0 Å². The van der Waals surface area contributed by atoms with E-state index in [1.807, 2.05) is 13.8 Å². The molecule has 1 heterocycles. The molecule has 0 aliphatic rings. The molecular weight excluding hydrogens is 131 g/mol. The molecule has 10 heavy (non-hydrogen) atoms. The second-order valence-electron chi connectivity index (χ2n) is 2.17. The minimum absolute atomic E-state index is 0.162. The third-order valence-electron chi connectivity index (χ3n) is 1.53. The van der Waals surface area contributed by atoms with Crippen molar-refractivity contribution in [3.05, 3.63) is 17.2 Å². The lowest BCUT2D eigenvalue weighted by molar-refractivity contribution is 0.598. The summed E-state index contributed by atoms with van der Waals surface area (Å²) < 4.78 is 12.9. The van der Waals surface area contributed by atoms with Crippen LogP contribution in [0.4, 0.5) is 4.39 Å². The van der Waals surface area contributed by atoms with Crippen molar-refractivity contribution in [2.45, 2.75) is 26.7 Å². The number of aromatic amines is 1. The summed E-state index contributed by atoms with van der Waals surface area (Å²) in [5.41, 5.74) is 1.15. The van der Waals surface area contributed by atoms with Crippen LogP contribution in [0.1, 0.15) is 25.2 Å². The molecule has 0 aliphatic carbocycles. The summed E-state index contributed by atoms with van der Waals surface area (Å²) in [6.07, 6.45) is 1.33. The van der Waals surface area contributed by atoms with E-state index >= 15 is 0 Å². The fraction of sp³-hybridized carbons (Fsp3) is 0.571. The second-order valence-corrected chi connectivity index (χ2v) is 2.17. The zero-order chi connectivity index (χ0) is 7.56. The van der Waals surface area contributed by atoms with Crippen LogP contribution in [0.2, 0.25) is 0 Å². The van der Waals surface area contributed by atoms with E-state index in [4.69, 9.17) is 0 Å². The van der Waals surface area contributed by atoms with Crippen LogP contribution in [-0.2, 0) is 12.8 Å². The van der Waals surface area contributed by atoms with Gasteiger partial charge in [0.15, 0.2) is 5.82 Å². The Morgan fingerprint density at radius 2 is 2.10 bits per heavy atom. The Bertz CT molecular complexity index is 196. The van der Waals surface area contributed by atoms with Crippen molar-refractivity contribution in [1.29, 1.82) is 0 Å². The zero-order valence-electron chi connectivity index (χ0n) is 6.24. The maximum absolute atomic E-state index is 12.9. The number of hydrogen-bond acceptors (Lipinski definition) is 1. The van der Waals surface area contributed by atoms with E-state index in [1.165, 1.54) is 0 Å². The lowest BCUT2D eigenvalue weighted by Gasteiger charge is -1.87. The van der Waals surface area contributed by atoms with Crippen LogP contribution in [0.3, 0.4) is 0 Å². The van der Waals surface area contributed by atoms with Gasteiger partial charge in [-0.25, -0.2) is 4.39 Å². The molecule has 1 rings (SSSR count). The highest BCUT2D eigenvalue weighted by Gasteiger charge is 2.07. The van der Waals surface area contributed by atoms with Crippen LogP contribution < -0.4 is 0 Å². The van der Waals surface area contributed by atoms with Crippen LogP contribution in [-0.4, -0.2) is 10.2 Å². The van der Waals surface area contributed by atoms with E-state index in [9.17, 15) is 4.39 Å². The molecule has 56 valence electrons. The minimum atomic E-state index is -0.162. The van der Waals surface area contributed by atoms with Crippen molar-refractivity contribution in [2.24, 2.45) is 0 Å². The number of rotatable bonds is 2. The first kappa shape index (κ1) is 7.25. The topological polar surface area (TPSA) is 28.7 Å². The van der Waals surface area contributed by atoms with Gasteiger partial charge in [-0.15, -0.1) is 0 Å². The molecule has 0 aromatic carbocycles. The second kappa shape index (κ2) is 2.82. The van der Waals surface area contributed by atoms with E-state index in [1.54, 1.807) is 0 Å². The number of aryl methyl sites for hydroxylation is 2. The van der Waals surface area contributed by atoms with Crippen LogP contribution in [0.15, 0.2) is 0 Å². The van der Waals surface area contributed by atoms with Crippen molar-refractivity contribution in [1.82, 2.24) is 10.2 Å². The highest BCUT2D eigenvalue weighted by Crippen LogP contribution is 2.08. The van der Waals surface area contributed by atoms with Crippen molar-refractivity contribution in [3.63, 3.8) is 0 Å². The first-order chi connectivity index (χ1) is 4.79. The van der Waals surface area contributed by atoms with Gasteiger partial charge in [-0.1, -0.05) is 13.8 Å². The number of nitrogens with one attached hydrogen (secondary N) is 1. The van der Waals surface area contributed by atoms with Crippen molar-refractivity contribution >= 4 is 0 Å². The Hall–Kier alpha value is -0.860. The first-order valence-corrected chi connectivity index (χ1v) is 3.51. The third-order valence-corrected chi connectivity index (χ3v) is 1.53. The van der Waals surface area contributed by atoms with E-state index in [0.717, 1.165) is 0 Å². The molecule has 0 radical (unpaired) electrons. The number of halogens is 1. The Balaban J connectivity index is 2.97. The number of nitrogens with zero attached hydrogens (tertiary/aromatic N) is 1. The van der Waals surface area contributed by atoms with Crippen LogP contribution >= 0.6 is 0 Å². The molecule has 0 saturated heterocycles. The van der Waals surface area contributed by atoms with Crippen LogP contribution in [0.5, 0.6) is 0 Å². The predicted octanol–water partition coefficient (Wildman–Crippen LogP) is 1.67. The summed E-state index contributed by atoms with van der Waals surface area (Å²) in [5, 5.41) is 6.45. The molecule has 1 aromatic rings. The van der Waals surface area contributed by atoms with Crippen molar-refractivity contribution in [2.75, 3.05) is 0 Å². The Kier molecular flexibility index (Phi) is 2.04. The first-order valence-electron chi connectivity index (χ1n) is 3.51. The van der Waals surface area contributed by atoms with Gasteiger partial charge in [-0.3, -0.25) is 5.10 Å². The molecule has 1 aromatic heterocycles. The summed E-state index contributed by atoms with van der Waals surface area (Å²) in [6.45, 7) is 3.79. The Labute approximate surface area is 59.5 Å². The molecule has 0 bridgehead atoms. The molecule has 0 spiro atoms. The highest BCUT2D eigenvalue weighted by atomic mass is 19.1. The molecule has 0 amide bonds. The smallest absolute Gasteiger partial charge is 0.167 e. The van der Waals surface area contributed by atoms with Gasteiger partial charge in [0, 0.05) is 0 Å². The fourth-order valence-corrected chi connectivity index (χ4v) is 0.876.